The Morgan fingerprint density at radius 2 is 1.75 bits per heavy atom. The zero-order valence-corrected chi connectivity index (χ0v) is 17.0. The molecule has 146 valence electrons. The van der Waals surface area contributed by atoms with Crippen molar-refractivity contribution in [3.05, 3.63) is 70.9 Å². The van der Waals surface area contributed by atoms with Gasteiger partial charge < -0.3 is 14.6 Å². The Balaban J connectivity index is 1.55. The summed E-state index contributed by atoms with van der Waals surface area (Å²) in [5.74, 6) is 0.0327. The third kappa shape index (κ3) is 3.31. The van der Waals surface area contributed by atoms with Crippen LogP contribution in [0.3, 0.4) is 0 Å². The first kappa shape index (κ1) is 19.0. The average molecular weight is 397 g/mol. The van der Waals surface area contributed by atoms with Gasteiger partial charge in [-0.3, -0.25) is 4.79 Å². The van der Waals surface area contributed by atoms with Crippen LogP contribution >= 0.6 is 11.6 Å². The molecule has 0 atom stereocenters. The number of amides is 1. The van der Waals surface area contributed by atoms with Gasteiger partial charge in [0.05, 0.1) is 5.60 Å². The second-order valence-electron chi connectivity index (χ2n) is 7.89. The van der Waals surface area contributed by atoms with Crippen LogP contribution in [-0.4, -0.2) is 33.6 Å². The monoisotopic (exact) mass is 396 g/mol. The molecule has 0 unspecified atom stereocenters. The van der Waals surface area contributed by atoms with E-state index in [1.807, 2.05) is 41.4 Å². The number of aromatic nitrogens is 1. The first-order chi connectivity index (χ1) is 13.4. The van der Waals surface area contributed by atoms with E-state index in [9.17, 15) is 9.90 Å². The molecule has 1 N–H and O–H groups in total. The van der Waals surface area contributed by atoms with Crippen LogP contribution in [0.25, 0.3) is 10.9 Å². The number of piperidine rings is 1. The number of aliphatic hydroxyl groups is 1. The minimum absolute atomic E-state index is 0.0327. The predicted molar refractivity (Wildman–Crippen MR) is 113 cm³/mol. The van der Waals surface area contributed by atoms with Crippen molar-refractivity contribution in [2.24, 2.45) is 0 Å². The van der Waals surface area contributed by atoms with E-state index in [-0.39, 0.29) is 5.91 Å². The third-order valence-electron chi connectivity index (χ3n) is 5.81. The standard InChI is InChI=1S/C23H25ClN2O2/c1-16(2)26-13-10-19-20(4-3-5-21(19)26)22(27)25-14-11-23(28,12-15-25)17-6-8-18(24)9-7-17/h3-10,13,16,28H,11-12,14-15H2,1-2H3. The van der Waals surface area contributed by atoms with Crippen molar-refractivity contribution in [3.8, 4) is 0 Å². The summed E-state index contributed by atoms with van der Waals surface area (Å²) in [6.45, 7) is 5.32. The normalized spacial score (nSPS) is 16.7. The topological polar surface area (TPSA) is 45.5 Å². The van der Waals surface area contributed by atoms with Crippen LogP contribution in [0.4, 0.5) is 0 Å². The summed E-state index contributed by atoms with van der Waals surface area (Å²) in [7, 11) is 0. The lowest BCUT2D eigenvalue weighted by molar-refractivity contribution is -0.0211. The molecule has 1 amide bonds. The van der Waals surface area contributed by atoms with E-state index in [1.165, 1.54) is 0 Å². The fourth-order valence-electron chi connectivity index (χ4n) is 4.12. The Morgan fingerprint density at radius 3 is 2.39 bits per heavy atom. The number of carbonyl (C=O) groups is 1. The Kier molecular flexibility index (Phi) is 4.94. The maximum absolute atomic E-state index is 13.2. The molecule has 1 aromatic heterocycles. The molecule has 0 bridgehead atoms. The van der Waals surface area contributed by atoms with E-state index < -0.39 is 5.60 Å². The Hall–Kier alpha value is -2.30. The van der Waals surface area contributed by atoms with Crippen molar-refractivity contribution in [2.45, 2.75) is 38.3 Å². The van der Waals surface area contributed by atoms with Gasteiger partial charge in [0.1, 0.15) is 0 Å². The van der Waals surface area contributed by atoms with Gasteiger partial charge in [-0.2, -0.15) is 0 Å². The number of halogens is 1. The van der Waals surface area contributed by atoms with Crippen LogP contribution < -0.4 is 0 Å². The lowest BCUT2D eigenvalue weighted by Crippen LogP contribution is -2.45. The zero-order valence-electron chi connectivity index (χ0n) is 16.2. The van der Waals surface area contributed by atoms with E-state index >= 15 is 0 Å². The highest BCUT2D eigenvalue weighted by Gasteiger charge is 2.35. The minimum atomic E-state index is -0.908. The molecular formula is C23H25ClN2O2. The molecule has 4 nitrogen and oxygen atoms in total. The summed E-state index contributed by atoms with van der Waals surface area (Å²) >= 11 is 5.96. The molecule has 3 aromatic rings. The lowest BCUT2D eigenvalue weighted by atomic mass is 9.84. The number of rotatable bonds is 3. The highest BCUT2D eigenvalue weighted by Crippen LogP contribution is 2.34. The molecule has 1 saturated heterocycles. The van der Waals surface area contributed by atoms with Crippen molar-refractivity contribution in [1.82, 2.24) is 9.47 Å². The second-order valence-corrected chi connectivity index (χ2v) is 8.32. The van der Waals surface area contributed by atoms with Gasteiger partial charge in [0.15, 0.2) is 0 Å². The summed E-state index contributed by atoms with van der Waals surface area (Å²) in [5, 5.41) is 12.7. The SMILES string of the molecule is CC(C)n1ccc2c(C(=O)N3CCC(O)(c4ccc(Cl)cc4)CC3)cccc21. The van der Waals surface area contributed by atoms with Crippen LogP contribution in [-0.2, 0) is 5.60 Å². The van der Waals surface area contributed by atoms with Crippen molar-refractivity contribution < 1.29 is 9.90 Å². The number of nitrogens with zero attached hydrogens (tertiary/aromatic N) is 2. The van der Waals surface area contributed by atoms with Crippen molar-refractivity contribution in [3.63, 3.8) is 0 Å². The number of fused-ring (bicyclic) bond motifs is 1. The molecule has 1 fully saturated rings. The molecule has 0 saturated carbocycles. The fourth-order valence-corrected chi connectivity index (χ4v) is 4.25. The second kappa shape index (κ2) is 7.26. The van der Waals surface area contributed by atoms with Gasteiger partial charge >= 0.3 is 0 Å². The van der Waals surface area contributed by atoms with E-state index in [0.717, 1.165) is 22.0 Å². The summed E-state index contributed by atoms with van der Waals surface area (Å²) in [6.07, 6.45) is 3.08. The van der Waals surface area contributed by atoms with Crippen LogP contribution in [0.2, 0.25) is 5.02 Å². The van der Waals surface area contributed by atoms with Crippen LogP contribution in [0.15, 0.2) is 54.7 Å². The minimum Gasteiger partial charge on any atom is -0.385 e. The van der Waals surface area contributed by atoms with Gasteiger partial charge in [-0.05, 0) is 62.6 Å². The first-order valence-electron chi connectivity index (χ1n) is 9.76. The number of hydrogen-bond acceptors (Lipinski definition) is 2. The molecule has 0 aliphatic carbocycles. The van der Waals surface area contributed by atoms with E-state index in [1.54, 1.807) is 12.1 Å². The molecule has 4 rings (SSSR count). The van der Waals surface area contributed by atoms with E-state index in [4.69, 9.17) is 11.6 Å². The van der Waals surface area contributed by atoms with Crippen molar-refractivity contribution in [1.29, 1.82) is 0 Å². The molecule has 28 heavy (non-hydrogen) atoms. The number of carbonyl (C=O) groups excluding carboxylic acids is 1. The van der Waals surface area contributed by atoms with Crippen LogP contribution in [0, 0.1) is 0 Å². The molecule has 0 radical (unpaired) electrons. The van der Waals surface area contributed by atoms with Gasteiger partial charge in [-0.1, -0.05) is 29.8 Å². The van der Waals surface area contributed by atoms with Crippen LogP contribution in [0.5, 0.6) is 0 Å². The Bertz CT molecular complexity index is 999. The molecule has 1 aliphatic heterocycles. The molecule has 1 aliphatic rings. The third-order valence-corrected chi connectivity index (χ3v) is 6.06. The summed E-state index contributed by atoms with van der Waals surface area (Å²) in [5.41, 5.74) is 1.76. The summed E-state index contributed by atoms with van der Waals surface area (Å²) in [6, 6.07) is 15.6. The highest BCUT2D eigenvalue weighted by molar-refractivity contribution is 6.30. The summed E-state index contributed by atoms with van der Waals surface area (Å²) < 4.78 is 2.18. The van der Waals surface area contributed by atoms with Crippen LogP contribution in [0.1, 0.15) is 48.7 Å². The van der Waals surface area contributed by atoms with Gasteiger partial charge in [-0.15, -0.1) is 0 Å². The lowest BCUT2D eigenvalue weighted by Gasteiger charge is -2.38. The average Bonchev–Trinajstić information content (AvgIpc) is 3.13. The van der Waals surface area contributed by atoms with Gasteiger partial charge in [0.25, 0.3) is 5.91 Å². The Morgan fingerprint density at radius 1 is 1.07 bits per heavy atom. The quantitative estimate of drug-likeness (QED) is 0.677. The highest BCUT2D eigenvalue weighted by atomic mass is 35.5. The van der Waals surface area contributed by atoms with Crippen molar-refractivity contribution in [2.75, 3.05) is 13.1 Å². The number of likely N-dealkylation sites (tertiary alicyclic amines) is 1. The summed E-state index contributed by atoms with van der Waals surface area (Å²) in [4.78, 5) is 15.1. The maximum Gasteiger partial charge on any atom is 0.254 e. The number of hydrogen-bond donors (Lipinski definition) is 1. The van der Waals surface area contributed by atoms with Gasteiger partial charge in [0.2, 0.25) is 0 Å². The van der Waals surface area contributed by atoms with E-state index in [0.29, 0.717) is 37.0 Å². The molecule has 2 heterocycles. The predicted octanol–water partition coefficient (Wildman–Crippen LogP) is 5.00. The molecular weight excluding hydrogens is 372 g/mol. The smallest absolute Gasteiger partial charge is 0.254 e. The molecule has 0 spiro atoms. The zero-order chi connectivity index (χ0) is 19.9. The molecule has 5 heteroatoms. The Labute approximate surface area is 170 Å². The fraction of sp³-hybridized carbons (Fsp3) is 0.348. The van der Waals surface area contributed by atoms with Gasteiger partial charge in [0, 0.05) is 46.8 Å². The largest absolute Gasteiger partial charge is 0.385 e. The van der Waals surface area contributed by atoms with Gasteiger partial charge in [-0.25, -0.2) is 0 Å². The maximum atomic E-state index is 13.2. The number of benzene rings is 2. The van der Waals surface area contributed by atoms with Crippen molar-refractivity contribution >= 4 is 28.4 Å². The first-order valence-corrected chi connectivity index (χ1v) is 10.1. The van der Waals surface area contributed by atoms with E-state index in [2.05, 4.69) is 24.5 Å². The molecule has 2 aromatic carbocycles.